The molecule has 0 radical (unpaired) electrons. The summed E-state index contributed by atoms with van der Waals surface area (Å²) in [6.45, 7) is -1.14. The molecule has 1 heterocycles. The van der Waals surface area contributed by atoms with Crippen molar-refractivity contribution < 1.29 is 27.4 Å². The van der Waals surface area contributed by atoms with Crippen molar-refractivity contribution in [3.8, 4) is 17.6 Å². The Morgan fingerprint density at radius 3 is 2.34 bits per heavy atom. The molecular weight excluding hydrogens is 488 g/mol. The van der Waals surface area contributed by atoms with E-state index in [-0.39, 0.29) is 5.75 Å². The molecule has 0 saturated carbocycles. The predicted molar refractivity (Wildman–Crippen MR) is 120 cm³/mol. The Kier molecular flexibility index (Phi) is 7.51. The number of rotatable bonds is 7. The summed E-state index contributed by atoms with van der Waals surface area (Å²) in [5, 5.41) is 20.0. The second-order valence-corrected chi connectivity index (χ2v) is 7.64. The van der Waals surface area contributed by atoms with Crippen LogP contribution >= 0.6 is 12.2 Å². The summed E-state index contributed by atoms with van der Waals surface area (Å²) in [6, 6.07) is 11.7. The smallest absolute Gasteiger partial charge is 0.323 e. The molecule has 0 spiro atoms. The van der Waals surface area contributed by atoms with Gasteiger partial charge in [0.2, 0.25) is 0 Å². The fraction of sp³-hybridized carbons (Fsp3) is 0.136. The molecule has 0 bridgehead atoms. The van der Waals surface area contributed by atoms with Gasteiger partial charge >= 0.3 is 5.92 Å². The van der Waals surface area contributed by atoms with Crippen LogP contribution in [0, 0.1) is 23.0 Å². The Morgan fingerprint density at radius 2 is 1.80 bits per heavy atom. The highest BCUT2D eigenvalue weighted by Crippen LogP contribution is 2.46. The van der Waals surface area contributed by atoms with Crippen molar-refractivity contribution in [3.63, 3.8) is 0 Å². The van der Waals surface area contributed by atoms with E-state index in [9.17, 15) is 13.9 Å². The van der Waals surface area contributed by atoms with Gasteiger partial charge in [-0.15, -0.1) is 0 Å². The molecule has 1 aromatic heterocycles. The summed E-state index contributed by atoms with van der Waals surface area (Å²) in [5.41, 5.74) is -2.90. The summed E-state index contributed by atoms with van der Waals surface area (Å²) < 4.78 is 64.9. The van der Waals surface area contributed by atoms with Gasteiger partial charge in [-0.25, -0.2) is 20.5 Å². The van der Waals surface area contributed by atoms with Crippen molar-refractivity contribution in [3.05, 3.63) is 89.2 Å². The Bertz CT molecular complexity index is 1250. The lowest BCUT2D eigenvalue weighted by Crippen LogP contribution is -2.58. The van der Waals surface area contributed by atoms with Crippen LogP contribution in [0.1, 0.15) is 16.8 Å². The number of nitrogens with one attached hydrogen (secondary N) is 1. The second kappa shape index (κ2) is 10.2. The monoisotopic (exact) mass is 506 g/mol. The van der Waals surface area contributed by atoms with Crippen LogP contribution in [0.5, 0.6) is 11.5 Å². The Labute approximate surface area is 202 Å². The number of pyridine rings is 1. The minimum atomic E-state index is -4.26. The molecule has 8 nitrogen and oxygen atoms in total. The summed E-state index contributed by atoms with van der Waals surface area (Å²) in [7, 11) is 0. The summed E-state index contributed by atoms with van der Waals surface area (Å²) >= 11 is 4.79. The molecule has 0 aliphatic heterocycles. The van der Waals surface area contributed by atoms with E-state index in [1.807, 2.05) is 11.5 Å². The third-order valence-electron chi connectivity index (χ3n) is 4.96. The number of hydrazine groups is 2. The van der Waals surface area contributed by atoms with E-state index in [1.54, 1.807) is 0 Å². The summed E-state index contributed by atoms with van der Waals surface area (Å²) in [4.78, 5) is 3.68. The van der Waals surface area contributed by atoms with E-state index in [2.05, 4.69) is 4.98 Å². The summed E-state index contributed by atoms with van der Waals surface area (Å²) in [5.74, 6) is 4.43. The van der Waals surface area contributed by atoms with Crippen LogP contribution in [0.3, 0.4) is 0 Å². The van der Waals surface area contributed by atoms with Gasteiger partial charge in [-0.1, -0.05) is 0 Å². The lowest BCUT2D eigenvalue weighted by atomic mass is 9.84. The van der Waals surface area contributed by atoms with Crippen molar-refractivity contribution in [1.82, 2.24) is 15.4 Å². The average molecular weight is 506 g/mol. The van der Waals surface area contributed by atoms with E-state index < -0.39 is 46.1 Å². The van der Waals surface area contributed by atoms with E-state index in [4.69, 9.17) is 33.9 Å². The van der Waals surface area contributed by atoms with Gasteiger partial charge in [0, 0.05) is 11.6 Å². The topological polar surface area (TPSA) is 133 Å². The van der Waals surface area contributed by atoms with Gasteiger partial charge in [-0.3, -0.25) is 15.4 Å². The van der Waals surface area contributed by atoms with Gasteiger partial charge in [-0.05, 0) is 60.7 Å². The fourth-order valence-electron chi connectivity index (χ4n) is 3.15. The summed E-state index contributed by atoms with van der Waals surface area (Å²) in [6.07, 6.45) is 0.967. The van der Waals surface area contributed by atoms with Gasteiger partial charge in [0.05, 0.1) is 24.4 Å². The van der Waals surface area contributed by atoms with E-state index in [0.717, 1.165) is 18.3 Å². The van der Waals surface area contributed by atoms with Gasteiger partial charge in [-0.2, -0.15) is 14.0 Å². The molecule has 35 heavy (non-hydrogen) atoms. The van der Waals surface area contributed by atoms with Crippen LogP contribution in [0.25, 0.3) is 0 Å². The fourth-order valence-corrected chi connectivity index (χ4v) is 3.22. The number of benzene rings is 2. The maximum Gasteiger partial charge on any atom is 0.323 e. The van der Waals surface area contributed by atoms with E-state index in [1.165, 1.54) is 24.3 Å². The van der Waals surface area contributed by atoms with Crippen LogP contribution in [-0.2, 0) is 11.5 Å². The van der Waals surface area contributed by atoms with Crippen LogP contribution in [0.4, 0.5) is 17.6 Å². The molecular formula is C22H18F4N6O2S. The number of hydrogen-bond acceptors (Lipinski definition) is 7. The molecule has 0 saturated heterocycles. The first kappa shape index (κ1) is 25.8. The number of nitriles is 1. The first-order valence-electron chi connectivity index (χ1n) is 9.75. The molecule has 3 aromatic rings. The number of nitrogens with two attached hydrogens (primary N) is 2. The first-order chi connectivity index (χ1) is 16.5. The third kappa shape index (κ3) is 5.31. The largest absolute Gasteiger partial charge is 0.456 e. The number of halogens is 4. The van der Waals surface area contributed by atoms with E-state index in [0.29, 0.717) is 34.5 Å². The van der Waals surface area contributed by atoms with Crippen LogP contribution in [0.15, 0.2) is 60.8 Å². The van der Waals surface area contributed by atoms with Gasteiger partial charge in [0.15, 0.2) is 10.7 Å². The van der Waals surface area contributed by atoms with Gasteiger partial charge in [0.25, 0.3) is 0 Å². The molecule has 2 aromatic carbocycles. The molecule has 1 unspecified atom stereocenters. The normalized spacial score (nSPS) is 12.9. The number of aromatic nitrogens is 1. The number of alkyl halides is 2. The molecule has 6 N–H and O–H groups in total. The molecule has 13 heteroatoms. The minimum absolute atomic E-state index is 0.0692. The molecule has 0 aliphatic carbocycles. The quantitative estimate of drug-likeness (QED) is 0.165. The zero-order valence-electron chi connectivity index (χ0n) is 17.8. The molecule has 3 rings (SSSR count). The molecule has 0 amide bonds. The lowest BCUT2D eigenvalue weighted by molar-refractivity contribution is -0.204. The maximum atomic E-state index is 15.7. The number of nitrogens with zero attached hydrogens (tertiary/aromatic N) is 3. The van der Waals surface area contributed by atoms with Crippen molar-refractivity contribution in [2.24, 2.45) is 11.7 Å². The average Bonchev–Trinajstić information content (AvgIpc) is 2.84. The number of thiocarbonyl (C=S) groups is 1. The van der Waals surface area contributed by atoms with Gasteiger partial charge in [0.1, 0.15) is 28.8 Å². The van der Waals surface area contributed by atoms with Crippen LogP contribution in [0.2, 0.25) is 0 Å². The van der Waals surface area contributed by atoms with Crippen LogP contribution in [-0.4, -0.2) is 26.8 Å². The number of hydrogen-bond donors (Lipinski definition) is 4. The van der Waals surface area contributed by atoms with Crippen molar-refractivity contribution >= 4 is 17.3 Å². The Morgan fingerprint density at radius 1 is 1.14 bits per heavy atom. The Balaban J connectivity index is 1.98. The maximum absolute atomic E-state index is 15.7. The van der Waals surface area contributed by atoms with Crippen molar-refractivity contribution in [2.45, 2.75) is 11.5 Å². The first-order valence-corrected chi connectivity index (χ1v) is 10.2. The predicted octanol–water partition coefficient (Wildman–Crippen LogP) is 2.93. The standard InChI is InChI=1S/C22H18F4N6O2S/c23-14-3-7-17(18(24)9-14)21(33,12-32(29)20(35)31-28)22(25,26)19-8-6-16(11-30-19)34-15-4-1-13(10-27)2-5-15/h1-9,11,33H,12,28-29H2,(H,31,35). The molecule has 0 fully saturated rings. The number of aliphatic hydroxyl groups is 1. The van der Waals surface area contributed by atoms with Crippen molar-refractivity contribution in [1.29, 1.82) is 5.26 Å². The highest BCUT2D eigenvalue weighted by Gasteiger charge is 2.58. The lowest BCUT2D eigenvalue weighted by Gasteiger charge is -2.38. The Hall–Kier alpha value is -3.83. The zero-order chi connectivity index (χ0) is 25.8. The SMILES string of the molecule is N#Cc1ccc(Oc2ccc(C(F)(F)C(O)(CN(N)C(=S)NN)c3ccc(F)cc3F)nc2)cc1. The molecule has 0 aliphatic rings. The van der Waals surface area contributed by atoms with E-state index >= 15 is 8.78 Å². The van der Waals surface area contributed by atoms with Crippen LogP contribution < -0.4 is 21.8 Å². The highest BCUT2D eigenvalue weighted by molar-refractivity contribution is 7.80. The van der Waals surface area contributed by atoms with Gasteiger partial charge < -0.3 is 9.84 Å². The number of ether oxygens (including phenoxy) is 1. The highest BCUT2D eigenvalue weighted by atomic mass is 32.1. The van der Waals surface area contributed by atoms with Crippen molar-refractivity contribution in [2.75, 3.05) is 6.54 Å². The third-order valence-corrected chi connectivity index (χ3v) is 5.31. The zero-order valence-corrected chi connectivity index (χ0v) is 18.6. The molecule has 1 atom stereocenters. The second-order valence-electron chi connectivity index (χ2n) is 7.25. The molecule has 182 valence electrons. The minimum Gasteiger partial charge on any atom is -0.456 e.